The summed E-state index contributed by atoms with van der Waals surface area (Å²) in [6, 6.07) is 10.1. The van der Waals surface area contributed by atoms with Gasteiger partial charge in [0.05, 0.1) is 18.9 Å². The van der Waals surface area contributed by atoms with Crippen LogP contribution >= 0.6 is 18.9 Å². The van der Waals surface area contributed by atoms with E-state index in [1.54, 1.807) is 29.5 Å². The SMILES string of the molecule is CC(C)Oc1cc(OCCc2ccsc2)cc(C(=O)Nc2ccc(CP(=O)(O)O)cn2)c1. The van der Waals surface area contributed by atoms with Crippen LogP contribution in [0.5, 0.6) is 11.5 Å². The van der Waals surface area contributed by atoms with Gasteiger partial charge < -0.3 is 24.6 Å². The lowest BCUT2D eigenvalue weighted by Gasteiger charge is -2.14. The summed E-state index contributed by atoms with van der Waals surface area (Å²) in [7, 11) is -4.18. The van der Waals surface area contributed by atoms with E-state index in [2.05, 4.69) is 15.7 Å². The molecule has 1 aromatic carbocycles. The maximum atomic E-state index is 12.8. The van der Waals surface area contributed by atoms with E-state index in [0.29, 0.717) is 29.2 Å². The number of hydrogen-bond acceptors (Lipinski definition) is 6. The number of rotatable bonds is 10. The number of amides is 1. The molecule has 8 nitrogen and oxygen atoms in total. The third-order valence-corrected chi connectivity index (χ3v) is 5.72. The Labute approximate surface area is 190 Å². The highest BCUT2D eigenvalue weighted by Gasteiger charge is 2.15. The lowest BCUT2D eigenvalue weighted by atomic mass is 10.1. The maximum Gasteiger partial charge on any atom is 0.329 e. The average molecular weight is 476 g/mol. The molecule has 0 aliphatic heterocycles. The highest BCUT2D eigenvalue weighted by atomic mass is 32.1. The van der Waals surface area contributed by atoms with E-state index in [1.165, 1.54) is 23.9 Å². The van der Waals surface area contributed by atoms with E-state index in [9.17, 15) is 9.36 Å². The second-order valence-corrected chi connectivity index (χ2v) is 9.84. The van der Waals surface area contributed by atoms with Crippen LogP contribution in [-0.2, 0) is 17.1 Å². The lowest BCUT2D eigenvalue weighted by Crippen LogP contribution is -2.14. The average Bonchev–Trinajstić information content (AvgIpc) is 3.21. The van der Waals surface area contributed by atoms with Crippen LogP contribution in [0.2, 0.25) is 0 Å². The molecule has 0 saturated carbocycles. The Hall–Kier alpha value is -2.71. The number of nitrogens with zero attached hydrogens (tertiary/aromatic N) is 1. The minimum atomic E-state index is -4.18. The standard InChI is InChI=1S/C22H25N2O6PS/c1-15(2)30-20-10-18(9-19(11-20)29-7-5-16-6-8-32-14-16)22(25)24-21-4-3-17(12-23-21)13-31(26,27)28/h3-4,6,8-12,14-15H,5,7,13H2,1-2H3,(H,23,24,25)(H2,26,27,28). The summed E-state index contributed by atoms with van der Waals surface area (Å²) in [5.74, 6) is 0.897. The molecule has 3 N–H and O–H groups in total. The lowest BCUT2D eigenvalue weighted by molar-refractivity contribution is 0.102. The van der Waals surface area contributed by atoms with Gasteiger partial charge in [-0.15, -0.1) is 0 Å². The van der Waals surface area contributed by atoms with Crippen LogP contribution in [0.1, 0.15) is 35.3 Å². The predicted molar refractivity (Wildman–Crippen MR) is 124 cm³/mol. The first-order valence-corrected chi connectivity index (χ1v) is 12.7. The highest BCUT2D eigenvalue weighted by Crippen LogP contribution is 2.38. The Morgan fingerprint density at radius 3 is 2.56 bits per heavy atom. The highest BCUT2D eigenvalue weighted by molar-refractivity contribution is 7.50. The molecule has 0 saturated heterocycles. The molecular formula is C22H25N2O6PS. The number of benzene rings is 1. The van der Waals surface area contributed by atoms with Gasteiger partial charge in [0.25, 0.3) is 5.91 Å². The van der Waals surface area contributed by atoms with E-state index in [1.807, 2.05) is 25.3 Å². The summed E-state index contributed by atoms with van der Waals surface area (Å²) >= 11 is 1.63. The second-order valence-electron chi connectivity index (χ2n) is 7.42. The largest absolute Gasteiger partial charge is 0.493 e. The van der Waals surface area contributed by atoms with Crippen LogP contribution < -0.4 is 14.8 Å². The Morgan fingerprint density at radius 1 is 1.16 bits per heavy atom. The van der Waals surface area contributed by atoms with Gasteiger partial charge in [0.15, 0.2) is 0 Å². The van der Waals surface area contributed by atoms with E-state index in [4.69, 9.17) is 19.3 Å². The summed E-state index contributed by atoms with van der Waals surface area (Å²) in [6.45, 7) is 4.26. The van der Waals surface area contributed by atoms with Crippen LogP contribution in [0, 0.1) is 0 Å². The molecule has 0 atom stereocenters. The summed E-state index contributed by atoms with van der Waals surface area (Å²) in [4.78, 5) is 35.0. The van der Waals surface area contributed by atoms with Gasteiger partial charge in [-0.05, 0) is 60.0 Å². The van der Waals surface area contributed by atoms with E-state index in [-0.39, 0.29) is 11.9 Å². The minimum Gasteiger partial charge on any atom is -0.493 e. The third kappa shape index (κ3) is 7.76. The van der Waals surface area contributed by atoms with Crippen molar-refractivity contribution in [2.75, 3.05) is 11.9 Å². The molecule has 0 aliphatic carbocycles. The molecule has 3 rings (SSSR count). The molecular weight excluding hydrogens is 451 g/mol. The molecule has 10 heteroatoms. The van der Waals surface area contributed by atoms with Crippen LogP contribution in [0.15, 0.2) is 53.4 Å². The van der Waals surface area contributed by atoms with Crippen molar-refractivity contribution in [3.8, 4) is 11.5 Å². The van der Waals surface area contributed by atoms with Crippen molar-refractivity contribution in [3.63, 3.8) is 0 Å². The van der Waals surface area contributed by atoms with Gasteiger partial charge >= 0.3 is 7.60 Å². The third-order valence-electron chi connectivity index (χ3n) is 4.21. The number of hydrogen-bond donors (Lipinski definition) is 3. The molecule has 2 aromatic heterocycles. The molecule has 32 heavy (non-hydrogen) atoms. The number of pyridine rings is 1. The normalized spacial score (nSPS) is 11.4. The fourth-order valence-corrected chi connectivity index (χ4v) is 4.23. The monoisotopic (exact) mass is 476 g/mol. The fourth-order valence-electron chi connectivity index (χ4n) is 2.87. The van der Waals surface area contributed by atoms with Crippen molar-refractivity contribution >= 4 is 30.7 Å². The number of carbonyl (C=O) groups excluding carboxylic acids is 1. The zero-order valence-corrected chi connectivity index (χ0v) is 19.4. The van der Waals surface area contributed by atoms with Crippen LogP contribution in [-0.4, -0.2) is 33.4 Å². The Balaban J connectivity index is 1.71. The predicted octanol–water partition coefficient (Wildman–Crippen LogP) is 4.48. The topological polar surface area (TPSA) is 118 Å². The number of carbonyl (C=O) groups is 1. The van der Waals surface area contributed by atoms with Gasteiger partial charge in [-0.2, -0.15) is 11.3 Å². The van der Waals surface area contributed by atoms with Gasteiger partial charge in [0.1, 0.15) is 17.3 Å². The first-order valence-electron chi connectivity index (χ1n) is 9.94. The van der Waals surface area contributed by atoms with Crippen LogP contribution in [0.25, 0.3) is 0 Å². The van der Waals surface area contributed by atoms with Crippen molar-refractivity contribution in [1.82, 2.24) is 4.98 Å². The number of nitrogens with one attached hydrogen (secondary N) is 1. The van der Waals surface area contributed by atoms with Crippen molar-refractivity contribution < 1.29 is 28.6 Å². The summed E-state index contributed by atoms with van der Waals surface area (Å²) in [6.07, 6.45) is 1.60. The molecule has 170 valence electrons. The van der Waals surface area contributed by atoms with Crippen LogP contribution in [0.4, 0.5) is 5.82 Å². The molecule has 0 unspecified atom stereocenters. The number of thiophene rings is 1. The summed E-state index contributed by atoms with van der Waals surface area (Å²) in [5.41, 5.74) is 1.91. The van der Waals surface area contributed by atoms with Gasteiger partial charge in [-0.3, -0.25) is 9.36 Å². The number of aromatic nitrogens is 1. The second kappa shape index (κ2) is 10.7. The summed E-state index contributed by atoms with van der Waals surface area (Å²) in [5, 5.41) is 6.76. The Bertz CT molecular complexity index is 1080. The molecule has 0 radical (unpaired) electrons. The zero-order valence-electron chi connectivity index (χ0n) is 17.7. The van der Waals surface area contributed by atoms with Gasteiger partial charge in [-0.1, -0.05) is 6.07 Å². The minimum absolute atomic E-state index is 0.0739. The Kier molecular flexibility index (Phi) is 8.04. The number of anilines is 1. The van der Waals surface area contributed by atoms with E-state index in [0.717, 1.165) is 6.42 Å². The molecule has 1 amide bonds. The molecule has 3 aromatic rings. The van der Waals surface area contributed by atoms with E-state index >= 15 is 0 Å². The van der Waals surface area contributed by atoms with Crippen molar-refractivity contribution in [1.29, 1.82) is 0 Å². The van der Waals surface area contributed by atoms with Gasteiger partial charge in [0, 0.05) is 24.2 Å². The van der Waals surface area contributed by atoms with Crippen molar-refractivity contribution in [3.05, 3.63) is 70.0 Å². The van der Waals surface area contributed by atoms with E-state index < -0.39 is 19.7 Å². The molecule has 0 aliphatic rings. The molecule has 0 spiro atoms. The first kappa shape index (κ1) is 23.9. The summed E-state index contributed by atoms with van der Waals surface area (Å²) < 4.78 is 22.7. The van der Waals surface area contributed by atoms with Crippen molar-refractivity contribution in [2.24, 2.45) is 0 Å². The smallest absolute Gasteiger partial charge is 0.329 e. The first-order chi connectivity index (χ1) is 15.2. The Morgan fingerprint density at radius 2 is 1.94 bits per heavy atom. The maximum absolute atomic E-state index is 12.8. The number of ether oxygens (including phenoxy) is 2. The van der Waals surface area contributed by atoms with Crippen molar-refractivity contribution in [2.45, 2.75) is 32.5 Å². The zero-order chi connectivity index (χ0) is 23.1. The van der Waals surface area contributed by atoms with Gasteiger partial charge in [0.2, 0.25) is 0 Å². The molecule has 0 bridgehead atoms. The van der Waals surface area contributed by atoms with Gasteiger partial charge in [-0.25, -0.2) is 4.98 Å². The molecule has 0 fully saturated rings. The molecule has 2 heterocycles. The van der Waals surface area contributed by atoms with Crippen LogP contribution in [0.3, 0.4) is 0 Å². The quantitative estimate of drug-likeness (QED) is 0.369. The fraction of sp³-hybridized carbons (Fsp3) is 0.273.